The Kier molecular flexibility index (Phi) is 5.15. The summed E-state index contributed by atoms with van der Waals surface area (Å²) in [5, 5.41) is 24.4. The minimum Gasteiger partial charge on any atom is -0.485 e. The molecule has 0 bridgehead atoms. The van der Waals surface area contributed by atoms with Crippen molar-refractivity contribution in [3.8, 4) is 11.5 Å². The van der Waals surface area contributed by atoms with Crippen molar-refractivity contribution < 1.29 is 29.2 Å². The number of amides is 1. The van der Waals surface area contributed by atoms with Crippen LogP contribution in [0.15, 0.2) is 5.38 Å². The fourth-order valence-electron chi connectivity index (χ4n) is 1.88. The summed E-state index contributed by atoms with van der Waals surface area (Å²) in [6, 6.07) is 0. The monoisotopic (exact) mass is 331 g/mol. The van der Waals surface area contributed by atoms with E-state index in [1.165, 1.54) is 11.3 Å². The van der Waals surface area contributed by atoms with Crippen LogP contribution in [-0.4, -0.2) is 47.8 Å². The van der Waals surface area contributed by atoms with Gasteiger partial charge in [-0.15, -0.1) is 11.3 Å². The van der Waals surface area contributed by atoms with Crippen molar-refractivity contribution in [3.05, 3.63) is 10.3 Å². The Morgan fingerprint density at radius 3 is 2.77 bits per heavy atom. The molecule has 22 heavy (non-hydrogen) atoms. The molecule has 7 nitrogen and oxygen atoms in total. The molecule has 0 aliphatic carbocycles. The first kappa shape index (κ1) is 16.9. The Morgan fingerprint density at radius 2 is 2.09 bits per heavy atom. The Hall–Kier alpha value is -1.51. The van der Waals surface area contributed by atoms with Crippen LogP contribution in [0, 0.1) is 0 Å². The van der Waals surface area contributed by atoms with Crippen LogP contribution in [0.1, 0.15) is 31.8 Å². The second-order valence-electron chi connectivity index (χ2n) is 5.89. The summed E-state index contributed by atoms with van der Waals surface area (Å²) in [6.07, 6.45) is -3.00. The number of thiophene rings is 1. The molecule has 124 valence electrons. The lowest BCUT2D eigenvalue weighted by molar-refractivity contribution is 0.0127. The van der Waals surface area contributed by atoms with Gasteiger partial charge in [-0.3, -0.25) is 0 Å². The summed E-state index contributed by atoms with van der Waals surface area (Å²) >= 11 is 1.24. The smallest absolute Gasteiger partial charge is 0.407 e. The van der Waals surface area contributed by atoms with Gasteiger partial charge in [-0.2, -0.15) is 0 Å². The Bertz CT molecular complexity index is 524. The molecule has 1 aromatic heterocycles. The predicted molar refractivity (Wildman–Crippen MR) is 80.5 cm³/mol. The molecule has 0 aromatic carbocycles. The number of rotatable bonds is 4. The first-order valence-corrected chi connectivity index (χ1v) is 7.86. The van der Waals surface area contributed by atoms with Gasteiger partial charge in [-0.05, 0) is 20.8 Å². The van der Waals surface area contributed by atoms with Crippen LogP contribution < -0.4 is 14.8 Å². The summed E-state index contributed by atoms with van der Waals surface area (Å²) in [7, 11) is 0. The van der Waals surface area contributed by atoms with Gasteiger partial charge in [0.1, 0.15) is 31.0 Å². The Labute approximate surface area is 132 Å². The second-order valence-corrected chi connectivity index (χ2v) is 6.80. The maximum absolute atomic E-state index is 11.5. The van der Waals surface area contributed by atoms with Gasteiger partial charge >= 0.3 is 6.09 Å². The van der Waals surface area contributed by atoms with E-state index in [0.717, 1.165) is 0 Å². The minimum absolute atomic E-state index is 0.135. The number of alkyl carbamates (subject to hydrolysis) is 1. The standard InChI is InChI=1S/C14H21NO6S/c1-14(2,3)21-13(18)15-6-8(16)10(17)12-11-9(7-22-12)19-4-5-20-11/h7-8,10,16-17H,4-6H2,1-3H3,(H,15,18). The summed E-state index contributed by atoms with van der Waals surface area (Å²) in [5.74, 6) is 1.03. The van der Waals surface area contributed by atoms with Gasteiger partial charge in [0, 0.05) is 11.9 Å². The largest absolute Gasteiger partial charge is 0.485 e. The Morgan fingerprint density at radius 1 is 1.41 bits per heavy atom. The van der Waals surface area contributed by atoms with Crippen molar-refractivity contribution in [2.45, 2.75) is 38.6 Å². The predicted octanol–water partition coefficient (Wildman–Crippen LogP) is 1.44. The third kappa shape index (κ3) is 4.25. The van der Waals surface area contributed by atoms with Crippen molar-refractivity contribution in [2.75, 3.05) is 19.8 Å². The van der Waals surface area contributed by atoms with E-state index in [1.807, 2.05) is 0 Å². The van der Waals surface area contributed by atoms with Crippen LogP contribution in [0.25, 0.3) is 0 Å². The van der Waals surface area contributed by atoms with Crippen LogP contribution in [0.5, 0.6) is 11.5 Å². The highest BCUT2D eigenvalue weighted by atomic mass is 32.1. The van der Waals surface area contributed by atoms with Crippen molar-refractivity contribution in [1.82, 2.24) is 5.32 Å². The van der Waals surface area contributed by atoms with Gasteiger partial charge in [-0.25, -0.2) is 4.79 Å². The first-order chi connectivity index (χ1) is 10.3. The zero-order valence-corrected chi connectivity index (χ0v) is 13.6. The molecular formula is C14H21NO6S. The van der Waals surface area contributed by atoms with E-state index < -0.39 is 23.9 Å². The highest BCUT2D eigenvalue weighted by Crippen LogP contribution is 2.43. The lowest BCUT2D eigenvalue weighted by atomic mass is 10.1. The number of hydrogen-bond donors (Lipinski definition) is 3. The van der Waals surface area contributed by atoms with Gasteiger partial charge in [0.2, 0.25) is 0 Å². The number of carbonyl (C=O) groups is 1. The molecule has 1 aliphatic heterocycles. The number of nitrogens with one attached hydrogen (secondary N) is 1. The lowest BCUT2D eigenvalue weighted by Crippen LogP contribution is -2.38. The maximum Gasteiger partial charge on any atom is 0.407 e. The molecule has 0 saturated carbocycles. The number of ether oxygens (including phenoxy) is 3. The van der Waals surface area contributed by atoms with Gasteiger partial charge in [0.25, 0.3) is 0 Å². The van der Waals surface area contributed by atoms with Gasteiger partial charge < -0.3 is 29.7 Å². The number of fused-ring (bicyclic) bond motifs is 1. The molecule has 1 aliphatic rings. The van der Waals surface area contributed by atoms with Crippen molar-refractivity contribution in [1.29, 1.82) is 0 Å². The molecule has 3 N–H and O–H groups in total. The summed E-state index contributed by atoms with van der Waals surface area (Å²) in [4.78, 5) is 12.0. The highest BCUT2D eigenvalue weighted by Gasteiger charge is 2.28. The van der Waals surface area contributed by atoms with E-state index in [9.17, 15) is 15.0 Å². The van der Waals surface area contributed by atoms with E-state index in [2.05, 4.69) is 5.32 Å². The molecule has 1 aromatic rings. The summed E-state index contributed by atoms with van der Waals surface area (Å²) in [6.45, 7) is 5.95. The highest BCUT2D eigenvalue weighted by molar-refractivity contribution is 7.10. The summed E-state index contributed by atoms with van der Waals surface area (Å²) < 4.78 is 15.9. The Balaban J connectivity index is 1.91. The van der Waals surface area contributed by atoms with E-state index in [0.29, 0.717) is 29.6 Å². The third-order valence-electron chi connectivity index (χ3n) is 2.82. The second kappa shape index (κ2) is 6.72. The molecule has 1 amide bonds. The molecule has 8 heteroatoms. The number of aliphatic hydroxyl groups excluding tert-OH is 2. The van der Waals surface area contributed by atoms with Gasteiger partial charge in [-0.1, -0.05) is 0 Å². The van der Waals surface area contributed by atoms with Crippen molar-refractivity contribution in [2.24, 2.45) is 0 Å². The average Bonchev–Trinajstić information content (AvgIpc) is 2.86. The molecule has 2 atom stereocenters. The van der Waals surface area contributed by atoms with Crippen LogP contribution >= 0.6 is 11.3 Å². The molecule has 2 rings (SSSR count). The van der Waals surface area contributed by atoms with E-state index in [-0.39, 0.29) is 6.54 Å². The molecular weight excluding hydrogens is 310 g/mol. The zero-order chi connectivity index (χ0) is 16.3. The lowest BCUT2D eigenvalue weighted by Gasteiger charge is -2.23. The summed E-state index contributed by atoms with van der Waals surface area (Å²) in [5.41, 5.74) is -0.619. The van der Waals surface area contributed by atoms with Gasteiger partial charge in [0.15, 0.2) is 11.5 Å². The third-order valence-corrected chi connectivity index (χ3v) is 3.83. The van der Waals surface area contributed by atoms with Crippen molar-refractivity contribution in [3.63, 3.8) is 0 Å². The molecule has 2 unspecified atom stereocenters. The number of carbonyl (C=O) groups excluding carboxylic acids is 1. The fraction of sp³-hybridized carbons (Fsp3) is 0.643. The molecule has 0 fully saturated rings. The van der Waals surface area contributed by atoms with Crippen LogP contribution in [0.3, 0.4) is 0 Å². The van der Waals surface area contributed by atoms with Crippen LogP contribution in [-0.2, 0) is 4.74 Å². The van der Waals surface area contributed by atoms with Gasteiger partial charge in [0.05, 0.1) is 4.88 Å². The van der Waals surface area contributed by atoms with Crippen LogP contribution in [0.2, 0.25) is 0 Å². The molecule has 0 spiro atoms. The average molecular weight is 331 g/mol. The quantitative estimate of drug-likeness (QED) is 0.772. The number of aliphatic hydroxyl groups is 2. The maximum atomic E-state index is 11.5. The van der Waals surface area contributed by atoms with E-state index >= 15 is 0 Å². The molecule has 0 saturated heterocycles. The van der Waals surface area contributed by atoms with Crippen molar-refractivity contribution >= 4 is 17.4 Å². The van der Waals surface area contributed by atoms with E-state index in [4.69, 9.17) is 14.2 Å². The minimum atomic E-state index is -1.18. The fourth-order valence-corrected chi connectivity index (χ4v) is 2.85. The van der Waals surface area contributed by atoms with E-state index in [1.54, 1.807) is 26.2 Å². The topological polar surface area (TPSA) is 97.3 Å². The zero-order valence-electron chi connectivity index (χ0n) is 12.8. The first-order valence-electron chi connectivity index (χ1n) is 6.98. The normalized spacial score (nSPS) is 16.8. The van der Waals surface area contributed by atoms with Crippen LogP contribution in [0.4, 0.5) is 4.79 Å². The SMILES string of the molecule is CC(C)(C)OC(=O)NCC(O)C(O)c1scc2c1OCCO2. The number of hydrogen-bond acceptors (Lipinski definition) is 7. The molecule has 0 radical (unpaired) electrons. The molecule has 2 heterocycles.